The summed E-state index contributed by atoms with van der Waals surface area (Å²) in [5.41, 5.74) is 0. The molecule has 0 atom stereocenters. The minimum Gasteiger partial charge on any atom is -1.00 e. The first-order valence-corrected chi connectivity index (χ1v) is 8.55. The van der Waals surface area contributed by atoms with Crippen LogP contribution in [0.2, 0.25) is 0 Å². The lowest BCUT2D eigenvalue weighted by atomic mass is 10.1. The molecule has 0 aromatic carbocycles. The SMILES string of the molecule is CCCCCCCCCCCCC[N+](C)(C)CCO.[Br-]. The molecule has 0 aromatic heterocycles. The second kappa shape index (κ2) is 15.8. The first kappa shape index (κ1) is 22.7. The summed E-state index contributed by atoms with van der Waals surface area (Å²) in [5.74, 6) is 0. The molecule has 1 N–H and O–H groups in total. The molecule has 0 spiro atoms. The summed E-state index contributed by atoms with van der Waals surface area (Å²) in [7, 11) is 4.43. The Morgan fingerprint density at radius 1 is 0.650 bits per heavy atom. The molecule has 3 heteroatoms. The predicted molar refractivity (Wildman–Crippen MR) is 85.4 cm³/mol. The van der Waals surface area contributed by atoms with Crippen LogP contribution in [0.15, 0.2) is 0 Å². The molecule has 0 fully saturated rings. The van der Waals surface area contributed by atoms with Gasteiger partial charge in [0.05, 0.1) is 27.2 Å². The third kappa shape index (κ3) is 16.5. The number of quaternary nitrogens is 1. The van der Waals surface area contributed by atoms with Crippen molar-refractivity contribution >= 4 is 0 Å². The standard InChI is InChI=1S/C17H38NO.BrH/c1-4-5-6-7-8-9-10-11-12-13-14-15-18(2,3)16-17-19;/h19H,4-17H2,1-3H3;1H/q+1;/p-1. The number of likely N-dealkylation sites (N-methyl/N-ethyl adjacent to an activating group) is 1. The van der Waals surface area contributed by atoms with Gasteiger partial charge in [-0.3, -0.25) is 0 Å². The molecule has 0 saturated carbocycles. The molecule has 0 aromatic rings. The smallest absolute Gasteiger partial charge is 0.102 e. The van der Waals surface area contributed by atoms with Crippen molar-refractivity contribution in [1.29, 1.82) is 0 Å². The van der Waals surface area contributed by atoms with Crippen molar-refractivity contribution in [3.05, 3.63) is 0 Å². The Labute approximate surface area is 138 Å². The van der Waals surface area contributed by atoms with E-state index in [0.29, 0.717) is 6.61 Å². The van der Waals surface area contributed by atoms with E-state index >= 15 is 0 Å². The maximum absolute atomic E-state index is 8.96. The van der Waals surface area contributed by atoms with Crippen LogP contribution >= 0.6 is 0 Å². The van der Waals surface area contributed by atoms with Crippen molar-refractivity contribution in [3.63, 3.8) is 0 Å². The Morgan fingerprint density at radius 2 is 1.05 bits per heavy atom. The first-order valence-electron chi connectivity index (χ1n) is 8.55. The summed E-state index contributed by atoms with van der Waals surface area (Å²) >= 11 is 0. The number of unbranched alkanes of at least 4 members (excludes halogenated alkanes) is 10. The van der Waals surface area contributed by atoms with Crippen LogP contribution in [0.4, 0.5) is 0 Å². The molecule has 0 radical (unpaired) electrons. The largest absolute Gasteiger partial charge is 1.00 e. The summed E-state index contributed by atoms with van der Waals surface area (Å²) in [6.45, 7) is 4.68. The normalized spacial score (nSPS) is 11.4. The monoisotopic (exact) mass is 351 g/mol. The highest BCUT2D eigenvalue weighted by Crippen LogP contribution is 2.12. The number of hydrogen-bond acceptors (Lipinski definition) is 1. The van der Waals surface area contributed by atoms with E-state index in [-0.39, 0.29) is 17.0 Å². The van der Waals surface area contributed by atoms with Crippen molar-refractivity contribution in [2.45, 2.75) is 77.6 Å². The van der Waals surface area contributed by atoms with Crippen LogP contribution in [-0.2, 0) is 0 Å². The van der Waals surface area contributed by atoms with Gasteiger partial charge in [-0.05, 0) is 12.8 Å². The average Bonchev–Trinajstić information content (AvgIpc) is 2.36. The summed E-state index contributed by atoms with van der Waals surface area (Å²) in [6.07, 6.45) is 15.5. The minimum absolute atomic E-state index is 0. The van der Waals surface area contributed by atoms with Crippen LogP contribution in [0.25, 0.3) is 0 Å². The molecule has 20 heavy (non-hydrogen) atoms. The van der Waals surface area contributed by atoms with E-state index in [0.717, 1.165) is 11.0 Å². The number of aliphatic hydroxyl groups is 1. The quantitative estimate of drug-likeness (QED) is 0.370. The van der Waals surface area contributed by atoms with Gasteiger partial charge in [-0.25, -0.2) is 0 Å². The molecule has 0 aliphatic heterocycles. The van der Waals surface area contributed by atoms with Crippen LogP contribution < -0.4 is 17.0 Å². The molecule has 124 valence electrons. The molecule has 0 saturated heterocycles. The Hall–Kier alpha value is 0.400. The molecule has 0 amide bonds. The van der Waals surface area contributed by atoms with E-state index in [1.165, 1.54) is 77.2 Å². The summed E-state index contributed by atoms with van der Waals surface area (Å²) in [5, 5.41) is 8.96. The lowest BCUT2D eigenvalue weighted by Gasteiger charge is -2.28. The molecule has 0 bridgehead atoms. The number of rotatable bonds is 14. The van der Waals surface area contributed by atoms with Crippen molar-refractivity contribution in [2.24, 2.45) is 0 Å². The molecule has 0 unspecified atom stereocenters. The van der Waals surface area contributed by atoms with Crippen LogP contribution in [-0.4, -0.2) is 43.4 Å². The zero-order valence-corrected chi connectivity index (χ0v) is 15.8. The third-order valence-corrected chi connectivity index (χ3v) is 4.07. The highest BCUT2D eigenvalue weighted by Gasteiger charge is 2.12. The van der Waals surface area contributed by atoms with Crippen molar-refractivity contribution in [3.8, 4) is 0 Å². The number of halogens is 1. The third-order valence-electron chi connectivity index (χ3n) is 4.07. The number of nitrogens with zero attached hydrogens (tertiary/aromatic N) is 1. The summed E-state index contributed by atoms with van der Waals surface area (Å²) < 4.78 is 0.966. The van der Waals surface area contributed by atoms with E-state index in [4.69, 9.17) is 5.11 Å². The second-order valence-corrected chi connectivity index (χ2v) is 6.64. The zero-order chi connectivity index (χ0) is 14.4. The Bertz CT molecular complexity index is 186. The maximum atomic E-state index is 8.96. The van der Waals surface area contributed by atoms with Gasteiger partial charge in [0.15, 0.2) is 0 Å². The molecule has 0 aliphatic carbocycles. The zero-order valence-electron chi connectivity index (χ0n) is 14.2. The molecule has 0 aliphatic rings. The van der Waals surface area contributed by atoms with Gasteiger partial charge in [0, 0.05) is 0 Å². The fraction of sp³-hybridized carbons (Fsp3) is 1.00. The fourth-order valence-electron chi connectivity index (χ4n) is 2.59. The van der Waals surface area contributed by atoms with Crippen molar-refractivity contribution in [1.82, 2.24) is 0 Å². The van der Waals surface area contributed by atoms with E-state index in [9.17, 15) is 0 Å². The lowest BCUT2D eigenvalue weighted by molar-refractivity contribution is -0.890. The van der Waals surface area contributed by atoms with Gasteiger partial charge in [0.1, 0.15) is 6.54 Å². The van der Waals surface area contributed by atoms with Crippen LogP contribution in [0.5, 0.6) is 0 Å². The van der Waals surface area contributed by atoms with Crippen LogP contribution in [0.1, 0.15) is 77.6 Å². The minimum atomic E-state index is 0. The van der Waals surface area contributed by atoms with Crippen molar-refractivity contribution in [2.75, 3.05) is 33.8 Å². The van der Waals surface area contributed by atoms with Crippen LogP contribution in [0, 0.1) is 0 Å². The topological polar surface area (TPSA) is 20.2 Å². The second-order valence-electron chi connectivity index (χ2n) is 6.64. The van der Waals surface area contributed by atoms with Gasteiger partial charge < -0.3 is 26.6 Å². The van der Waals surface area contributed by atoms with Gasteiger partial charge in [-0.2, -0.15) is 0 Å². The summed E-state index contributed by atoms with van der Waals surface area (Å²) in [6, 6.07) is 0. The maximum Gasteiger partial charge on any atom is 0.102 e. The Kier molecular flexibility index (Phi) is 17.9. The fourth-order valence-corrected chi connectivity index (χ4v) is 2.59. The van der Waals surface area contributed by atoms with Gasteiger partial charge in [-0.1, -0.05) is 64.7 Å². The Balaban J connectivity index is 0. The highest BCUT2D eigenvalue weighted by atomic mass is 79.9. The summed E-state index contributed by atoms with van der Waals surface area (Å²) in [4.78, 5) is 0. The predicted octanol–water partition coefficient (Wildman–Crippen LogP) is 1.37. The van der Waals surface area contributed by atoms with Gasteiger partial charge in [-0.15, -0.1) is 0 Å². The molecular formula is C17H38BrNO. The molecule has 2 nitrogen and oxygen atoms in total. The lowest BCUT2D eigenvalue weighted by Crippen LogP contribution is -3.00. The van der Waals surface area contributed by atoms with Gasteiger partial charge >= 0.3 is 0 Å². The number of aliphatic hydroxyl groups excluding tert-OH is 1. The van der Waals surface area contributed by atoms with Crippen molar-refractivity contribution < 1.29 is 26.6 Å². The van der Waals surface area contributed by atoms with E-state index < -0.39 is 0 Å². The molecular weight excluding hydrogens is 314 g/mol. The number of hydrogen-bond donors (Lipinski definition) is 1. The van der Waals surface area contributed by atoms with E-state index in [2.05, 4.69) is 21.0 Å². The van der Waals surface area contributed by atoms with E-state index in [1.807, 2.05) is 0 Å². The van der Waals surface area contributed by atoms with Crippen LogP contribution in [0.3, 0.4) is 0 Å². The average molecular weight is 352 g/mol. The Morgan fingerprint density at radius 3 is 1.45 bits per heavy atom. The molecule has 0 heterocycles. The van der Waals surface area contributed by atoms with Gasteiger partial charge in [0.25, 0.3) is 0 Å². The molecule has 0 rings (SSSR count). The van der Waals surface area contributed by atoms with E-state index in [1.54, 1.807) is 0 Å². The highest BCUT2D eigenvalue weighted by molar-refractivity contribution is 4.48. The van der Waals surface area contributed by atoms with Gasteiger partial charge in [0.2, 0.25) is 0 Å². The first-order chi connectivity index (χ1) is 9.12.